The van der Waals surface area contributed by atoms with Crippen LogP contribution >= 0.6 is 15.9 Å². The van der Waals surface area contributed by atoms with Crippen molar-refractivity contribution in [2.75, 3.05) is 7.11 Å². The monoisotopic (exact) mass is 203 g/mol. The highest BCUT2D eigenvalue weighted by atomic mass is 79.9. The first kappa shape index (κ1) is 7.75. The van der Waals surface area contributed by atoms with Crippen LogP contribution in [-0.4, -0.2) is 16.9 Å². The predicted molar refractivity (Wildman–Crippen MR) is 41.3 cm³/mol. The van der Waals surface area contributed by atoms with Gasteiger partial charge in [0.15, 0.2) is 0 Å². The summed E-state index contributed by atoms with van der Waals surface area (Å²) in [5.74, 6) is 0. The van der Waals surface area contributed by atoms with Gasteiger partial charge < -0.3 is 4.74 Å². The van der Waals surface area contributed by atoms with Crippen LogP contribution in [-0.2, 0) is 4.74 Å². The SMILES string of the molecule is [CH2]C(OC)n1cc(Br)cn1. The molecule has 1 atom stereocenters. The Morgan fingerprint density at radius 3 is 3.00 bits per heavy atom. The second-order valence-electron chi connectivity index (χ2n) is 1.83. The van der Waals surface area contributed by atoms with Gasteiger partial charge in [0.25, 0.3) is 0 Å². The summed E-state index contributed by atoms with van der Waals surface area (Å²) in [6.07, 6.45) is 3.25. The third-order valence-corrected chi connectivity index (χ3v) is 1.55. The number of hydrogen-bond acceptors (Lipinski definition) is 2. The standard InChI is InChI=1S/C6H8BrN2O/c1-5(10-2)9-4-6(7)3-8-9/h3-5H,1H2,2H3. The molecule has 0 spiro atoms. The van der Waals surface area contributed by atoms with Crippen LogP contribution in [0.15, 0.2) is 16.9 Å². The molecule has 0 saturated carbocycles. The van der Waals surface area contributed by atoms with Gasteiger partial charge in [0.2, 0.25) is 0 Å². The van der Waals surface area contributed by atoms with Crippen molar-refractivity contribution in [1.82, 2.24) is 9.78 Å². The molecule has 0 N–H and O–H groups in total. The molecule has 0 saturated heterocycles. The maximum Gasteiger partial charge on any atom is 0.149 e. The van der Waals surface area contributed by atoms with E-state index < -0.39 is 0 Å². The molecule has 4 heteroatoms. The number of aromatic nitrogens is 2. The van der Waals surface area contributed by atoms with Gasteiger partial charge in [0.1, 0.15) is 6.23 Å². The van der Waals surface area contributed by atoms with E-state index in [9.17, 15) is 0 Å². The number of rotatable bonds is 2. The molecule has 0 fully saturated rings. The molecule has 1 aromatic heterocycles. The van der Waals surface area contributed by atoms with Crippen molar-refractivity contribution < 1.29 is 4.74 Å². The molecule has 0 bridgehead atoms. The minimum absolute atomic E-state index is 0.244. The van der Waals surface area contributed by atoms with E-state index in [2.05, 4.69) is 28.0 Å². The van der Waals surface area contributed by atoms with Crippen LogP contribution in [0.5, 0.6) is 0 Å². The molecule has 10 heavy (non-hydrogen) atoms. The molecule has 1 rings (SSSR count). The minimum Gasteiger partial charge on any atom is -0.360 e. The smallest absolute Gasteiger partial charge is 0.149 e. The van der Waals surface area contributed by atoms with Crippen molar-refractivity contribution in [1.29, 1.82) is 0 Å². The zero-order valence-electron chi connectivity index (χ0n) is 5.62. The van der Waals surface area contributed by atoms with E-state index in [1.807, 2.05) is 0 Å². The van der Waals surface area contributed by atoms with Crippen LogP contribution < -0.4 is 0 Å². The number of nitrogens with zero attached hydrogens (tertiary/aromatic N) is 2. The molecule has 0 amide bonds. The Morgan fingerprint density at radius 1 is 1.90 bits per heavy atom. The van der Waals surface area contributed by atoms with Crippen molar-refractivity contribution in [2.24, 2.45) is 0 Å². The number of methoxy groups -OCH3 is 1. The summed E-state index contributed by atoms with van der Waals surface area (Å²) in [7, 11) is 1.59. The Morgan fingerprint density at radius 2 is 2.60 bits per heavy atom. The predicted octanol–water partition coefficient (Wildman–Crippen LogP) is 1.62. The van der Waals surface area contributed by atoms with Gasteiger partial charge in [-0.1, -0.05) is 0 Å². The number of hydrogen-bond donors (Lipinski definition) is 0. The summed E-state index contributed by atoms with van der Waals surface area (Å²) in [5.41, 5.74) is 0. The van der Waals surface area contributed by atoms with E-state index in [4.69, 9.17) is 4.74 Å². The van der Waals surface area contributed by atoms with Crippen molar-refractivity contribution in [3.63, 3.8) is 0 Å². The highest BCUT2D eigenvalue weighted by Gasteiger charge is 2.01. The Balaban J connectivity index is 2.74. The lowest BCUT2D eigenvalue weighted by Gasteiger charge is -2.07. The molecular formula is C6H8BrN2O. The van der Waals surface area contributed by atoms with Gasteiger partial charge in [0, 0.05) is 13.3 Å². The lowest BCUT2D eigenvalue weighted by Crippen LogP contribution is -2.06. The first-order chi connectivity index (χ1) is 4.74. The molecule has 0 aliphatic carbocycles. The molecule has 1 radical (unpaired) electrons. The third kappa shape index (κ3) is 1.58. The van der Waals surface area contributed by atoms with Gasteiger partial charge >= 0.3 is 0 Å². The zero-order chi connectivity index (χ0) is 7.56. The maximum atomic E-state index is 4.92. The molecule has 0 aliphatic heterocycles. The number of ether oxygens (including phenoxy) is 1. The summed E-state index contributed by atoms with van der Waals surface area (Å²) in [5, 5.41) is 3.97. The first-order valence-corrected chi connectivity index (χ1v) is 3.59. The summed E-state index contributed by atoms with van der Waals surface area (Å²) < 4.78 is 7.48. The lowest BCUT2D eigenvalue weighted by atomic mass is 10.6. The van der Waals surface area contributed by atoms with Crippen LogP contribution in [0.4, 0.5) is 0 Å². The van der Waals surface area contributed by atoms with E-state index in [-0.39, 0.29) is 6.23 Å². The van der Waals surface area contributed by atoms with Gasteiger partial charge in [-0.05, 0) is 22.9 Å². The molecule has 1 unspecified atom stereocenters. The maximum absolute atomic E-state index is 4.92. The second kappa shape index (κ2) is 3.16. The first-order valence-electron chi connectivity index (χ1n) is 2.79. The average molecular weight is 204 g/mol. The van der Waals surface area contributed by atoms with Gasteiger partial charge in [-0.2, -0.15) is 5.10 Å². The van der Waals surface area contributed by atoms with E-state index >= 15 is 0 Å². The van der Waals surface area contributed by atoms with Crippen molar-refractivity contribution >= 4 is 15.9 Å². The van der Waals surface area contributed by atoms with Crippen molar-refractivity contribution in [2.45, 2.75) is 6.23 Å². The lowest BCUT2D eigenvalue weighted by molar-refractivity contribution is 0.0722. The largest absolute Gasteiger partial charge is 0.360 e. The summed E-state index contributed by atoms with van der Waals surface area (Å²) >= 11 is 3.26. The van der Waals surface area contributed by atoms with Crippen LogP contribution in [0.1, 0.15) is 6.23 Å². The molecule has 0 aromatic carbocycles. The Labute approximate surface area is 68.1 Å². The van der Waals surface area contributed by atoms with E-state index in [0.717, 1.165) is 4.47 Å². The highest BCUT2D eigenvalue weighted by molar-refractivity contribution is 9.10. The fraction of sp³-hybridized carbons (Fsp3) is 0.333. The van der Waals surface area contributed by atoms with Crippen molar-refractivity contribution in [3.05, 3.63) is 23.8 Å². The number of halogens is 1. The Hall–Kier alpha value is -0.350. The van der Waals surface area contributed by atoms with Gasteiger partial charge in [-0.15, -0.1) is 0 Å². The van der Waals surface area contributed by atoms with E-state index in [0.29, 0.717) is 0 Å². The Kier molecular flexibility index (Phi) is 2.45. The topological polar surface area (TPSA) is 27.1 Å². The quantitative estimate of drug-likeness (QED) is 0.731. The summed E-state index contributed by atoms with van der Waals surface area (Å²) in [4.78, 5) is 0. The van der Waals surface area contributed by atoms with E-state index in [1.54, 1.807) is 24.2 Å². The molecule has 1 aromatic rings. The highest BCUT2D eigenvalue weighted by Crippen LogP contribution is 2.10. The van der Waals surface area contributed by atoms with Gasteiger partial charge in [0.05, 0.1) is 10.7 Å². The fourth-order valence-corrected chi connectivity index (χ4v) is 0.882. The fourth-order valence-electron chi connectivity index (χ4n) is 0.580. The van der Waals surface area contributed by atoms with E-state index in [1.165, 1.54) is 0 Å². The van der Waals surface area contributed by atoms with Crippen LogP contribution in [0.25, 0.3) is 0 Å². The third-order valence-electron chi connectivity index (χ3n) is 1.14. The van der Waals surface area contributed by atoms with Crippen molar-refractivity contribution in [3.8, 4) is 0 Å². The average Bonchev–Trinajstić information content (AvgIpc) is 2.34. The normalized spacial score (nSPS) is 13.5. The minimum atomic E-state index is -0.244. The molecule has 1 heterocycles. The van der Waals surface area contributed by atoms with Crippen LogP contribution in [0.3, 0.4) is 0 Å². The van der Waals surface area contributed by atoms with Crippen LogP contribution in [0, 0.1) is 6.92 Å². The zero-order valence-corrected chi connectivity index (χ0v) is 7.21. The second-order valence-corrected chi connectivity index (χ2v) is 2.74. The Bertz CT molecular complexity index is 211. The summed E-state index contributed by atoms with van der Waals surface area (Å²) in [6, 6.07) is 0. The van der Waals surface area contributed by atoms with Crippen LogP contribution in [0.2, 0.25) is 0 Å². The van der Waals surface area contributed by atoms with Gasteiger partial charge in [-0.25, -0.2) is 4.68 Å². The summed E-state index contributed by atoms with van der Waals surface area (Å²) in [6.45, 7) is 3.70. The molecule has 55 valence electrons. The molecule has 3 nitrogen and oxygen atoms in total. The molecule has 0 aliphatic rings. The van der Waals surface area contributed by atoms with Gasteiger partial charge in [-0.3, -0.25) is 0 Å². The molecular weight excluding hydrogens is 196 g/mol.